The third kappa shape index (κ3) is 3.34. The molecule has 0 saturated carbocycles. The Morgan fingerprint density at radius 3 is 2.36 bits per heavy atom. The molecule has 1 aliphatic heterocycles. The summed E-state index contributed by atoms with van der Waals surface area (Å²) in [4.78, 5) is 14.6. The Balaban J connectivity index is 2.24. The molecule has 0 bridgehead atoms. The molecule has 2 amide bonds. The number of urea groups is 1. The van der Waals surface area contributed by atoms with Gasteiger partial charge in [-0.3, -0.25) is 4.90 Å². The maximum atomic E-state index is 12.8. The van der Waals surface area contributed by atoms with Gasteiger partial charge in [0, 0.05) is 15.7 Å². The molecule has 1 aromatic rings. The number of rotatable bonds is 4. The third-order valence-electron chi connectivity index (χ3n) is 4.26. The normalized spacial score (nSPS) is 20.2. The zero-order valence-electron chi connectivity index (χ0n) is 13.2. The predicted octanol–water partition coefficient (Wildman–Crippen LogP) is 5.15. The summed E-state index contributed by atoms with van der Waals surface area (Å²) < 4.78 is 5.97. The molecule has 0 spiro atoms. The summed E-state index contributed by atoms with van der Waals surface area (Å²) in [7, 11) is 0. The lowest BCUT2D eigenvalue weighted by Crippen LogP contribution is -2.52. The number of hydrogen-bond acceptors (Lipinski definition) is 2. The number of carbonyl (C=O) groups is 1. The van der Waals surface area contributed by atoms with Crippen LogP contribution in [-0.2, 0) is 4.74 Å². The fourth-order valence-corrected chi connectivity index (χ4v) is 3.51. The van der Waals surface area contributed by atoms with E-state index in [4.69, 9.17) is 27.9 Å². The van der Waals surface area contributed by atoms with E-state index in [9.17, 15) is 4.79 Å². The van der Waals surface area contributed by atoms with Crippen LogP contribution < -0.4 is 5.32 Å². The van der Waals surface area contributed by atoms with Crippen LogP contribution in [0.2, 0.25) is 10.0 Å². The van der Waals surface area contributed by atoms with E-state index in [-0.39, 0.29) is 12.1 Å². The second-order valence-corrected chi connectivity index (χ2v) is 6.36. The summed E-state index contributed by atoms with van der Waals surface area (Å²) in [5, 5.41) is 3.87. The monoisotopic (exact) mass is 344 g/mol. The highest BCUT2D eigenvalue weighted by atomic mass is 35.5. The Kier molecular flexibility index (Phi) is 5.59. The molecule has 1 fully saturated rings. The van der Waals surface area contributed by atoms with Crippen molar-refractivity contribution in [3.63, 3.8) is 0 Å². The average Bonchev–Trinajstić information content (AvgIpc) is 2.85. The number of benzene rings is 1. The number of ether oxygens (including phenoxy) is 1. The van der Waals surface area contributed by atoms with Crippen LogP contribution in [0.1, 0.15) is 40.0 Å². The minimum absolute atomic E-state index is 0.0783. The van der Waals surface area contributed by atoms with Gasteiger partial charge in [0.15, 0.2) is 0 Å². The van der Waals surface area contributed by atoms with E-state index in [0.717, 1.165) is 19.3 Å². The maximum absolute atomic E-state index is 12.8. The Labute approximate surface area is 141 Å². The summed E-state index contributed by atoms with van der Waals surface area (Å²) in [6, 6.07) is 4.90. The first-order valence-electron chi connectivity index (χ1n) is 7.66. The molecule has 0 aromatic heterocycles. The van der Waals surface area contributed by atoms with E-state index in [2.05, 4.69) is 12.2 Å². The fraction of sp³-hybridized carbons (Fsp3) is 0.562. The first-order valence-corrected chi connectivity index (χ1v) is 8.41. The van der Waals surface area contributed by atoms with E-state index in [1.807, 2.05) is 18.7 Å². The molecule has 1 aromatic carbocycles. The minimum atomic E-state index is -0.535. The third-order valence-corrected chi connectivity index (χ3v) is 4.69. The molecule has 122 valence electrons. The Morgan fingerprint density at radius 1 is 1.27 bits per heavy atom. The van der Waals surface area contributed by atoms with Gasteiger partial charge in [0.2, 0.25) is 0 Å². The van der Waals surface area contributed by atoms with Crippen LogP contribution in [0.25, 0.3) is 0 Å². The minimum Gasteiger partial charge on any atom is -0.353 e. The second kappa shape index (κ2) is 7.07. The van der Waals surface area contributed by atoms with E-state index in [0.29, 0.717) is 22.3 Å². The molecule has 1 atom stereocenters. The number of hydrogen-bond donors (Lipinski definition) is 1. The van der Waals surface area contributed by atoms with Crippen LogP contribution >= 0.6 is 23.2 Å². The van der Waals surface area contributed by atoms with Gasteiger partial charge in [-0.05, 0) is 37.5 Å². The van der Waals surface area contributed by atoms with E-state index in [1.165, 1.54) is 0 Å². The lowest BCUT2D eigenvalue weighted by atomic mass is 10.0. The van der Waals surface area contributed by atoms with Crippen LogP contribution in [0, 0.1) is 0 Å². The predicted molar refractivity (Wildman–Crippen MR) is 90.7 cm³/mol. The fourth-order valence-electron chi connectivity index (χ4n) is 2.98. The Bertz CT molecular complexity index is 527. The summed E-state index contributed by atoms with van der Waals surface area (Å²) in [6.45, 7) is 6.71. The molecule has 2 rings (SSSR count). The van der Waals surface area contributed by atoms with Gasteiger partial charge in [0.1, 0.15) is 5.72 Å². The van der Waals surface area contributed by atoms with Crippen molar-refractivity contribution in [1.29, 1.82) is 0 Å². The zero-order chi connectivity index (χ0) is 16.3. The highest BCUT2D eigenvalue weighted by Crippen LogP contribution is 2.36. The maximum Gasteiger partial charge on any atom is 0.324 e. The molecule has 0 radical (unpaired) electrons. The van der Waals surface area contributed by atoms with Crippen molar-refractivity contribution in [3.8, 4) is 0 Å². The number of amides is 2. The molecule has 0 aliphatic carbocycles. The van der Waals surface area contributed by atoms with Gasteiger partial charge in [-0.25, -0.2) is 4.79 Å². The number of carbonyl (C=O) groups excluding carboxylic acids is 1. The van der Waals surface area contributed by atoms with Crippen molar-refractivity contribution in [3.05, 3.63) is 28.2 Å². The van der Waals surface area contributed by atoms with Crippen molar-refractivity contribution >= 4 is 34.9 Å². The van der Waals surface area contributed by atoms with Gasteiger partial charge >= 0.3 is 6.03 Å². The lowest BCUT2D eigenvalue weighted by Gasteiger charge is -2.38. The molecule has 1 saturated heterocycles. The molecule has 22 heavy (non-hydrogen) atoms. The van der Waals surface area contributed by atoms with Crippen molar-refractivity contribution in [2.45, 2.75) is 51.8 Å². The molecular formula is C16H22Cl2N2O2. The highest BCUT2D eigenvalue weighted by Gasteiger charge is 2.47. The topological polar surface area (TPSA) is 41.6 Å². The molecular weight excluding hydrogens is 323 g/mol. The number of halogens is 2. The molecule has 1 heterocycles. The second-order valence-electron chi connectivity index (χ2n) is 5.48. The lowest BCUT2D eigenvalue weighted by molar-refractivity contribution is -0.0684. The number of nitrogens with zero attached hydrogens (tertiary/aromatic N) is 1. The van der Waals surface area contributed by atoms with Gasteiger partial charge in [-0.1, -0.05) is 44.0 Å². The van der Waals surface area contributed by atoms with Gasteiger partial charge in [-0.2, -0.15) is 0 Å². The SMILES string of the molecule is CCC1COC(CC)(CC)N1C(=O)Nc1cc(Cl)cc(Cl)c1. The Morgan fingerprint density at radius 2 is 1.86 bits per heavy atom. The molecule has 6 heteroatoms. The summed E-state index contributed by atoms with van der Waals surface area (Å²) in [6.07, 6.45) is 2.36. The number of anilines is 1. The van der Waals surface area contributed by atoms with Crippen LogP contribution in [-0.4, -0.2) is 29.3 Å². The summed E-state index contributed by atoms with van der Waals surface area (Å²) in [5.41, 5.74) is 0.0537. The van der Waals surface area contributed by atoms with E-state index in [1.54, 1.807) is 18.2 Å². The summed E-state index contributed by atoms with van der Waals surface area (Å²) in [5.74, 6) is 0. The molecule has 1 unspecified atom stereocenters. The van der Waals surface area contributed by atoms with Crippen molar-refractivity contribution in [2.75, 3.05) is 11.9 Å². The average molecular weight is 345 g/mol. The van der Waals surface area contributed by atoms with E-state index < -0.39 is 5.72 Å². The standard InChI is InChI=1S/C16H22Cl2N2O2/c1-4-14-10-22-16(5-2,6-3)20(14)15(21)19-13-8-11(17)7-12(18)9-13/h7-9,14H,4-6,10H2,1-3H3,(H,19,21). The first-order chi connectivity index (χ1) is 10.5. The van der Waals surface area contributed by atoms with Crippen LogP contribution in [0.4, 0.5) is 10.5 Å². The highest BCUT2D eigenvalue weighted by molar-refractivity contribution is 6.35. The molecule has 4 nitrogen and oxygen atoms in total. The van der Waals surface area contributed by atoms with Gasteiger partial charge in [0.05, 0.1) is 12.6 Å². The van der Waals surface area contributed by atoms with Gasteiger partial charge in [0.25, 0.3) is 0 Å². The van der Waals surface area contributed by atoms with Crippen LogP contribution in [0.15, 0.2) is 18.2 Å². The first kappa shape index (κ1) is 17.4. The van der Waals surface area contributed by atoms with Crippen molar-refractivity contribution < 1.29 is 9.53 Å². The van der Waals surface area contributed by atoms with Gasteiger partial charge < -0.3 is 10.1 Å². The van der Waals surface area contributed by atoms with Crippen molar-refractivity contribution in [1.82, 2.24) is 4.90 Å². The molecule has 1 N–H and O–H groups in total. The summed E-state index contributed by atoms with van der Waals surface area (Å²) >= 11 is 12.0. The molecule has 1 aliphatic rings. The number of nitrogens with one attached hydrogen (secondary N) is 1. The Hall–Kier alpha value is -0.970. The van der Waals surface area contributed by atoms with Crippen molar-refractivity contribution in [2.24, 2.45) is 0 Å². The quantitative estimate of drug-likeness (QED) is 0.820. The van der Waals surface area contributed by atoms with E-state index >= 15 is 0 Å². The van der Waals surface area contributed by atoms with Crippen LogP contribution in [0.5, 0.6) is 0 Å². The van der Waals surface area contributed by atoms with Gasteiger partial charge in [-0.15, -0.1) is 0 Å². The smallest absolute Gasteiger partial charge is 0.324 e. The zero-order valence-corrected chi connectivity index (χ0v) is 14.7. The largest absolute Gasteiger partial charge is 0.353 e. The van der Waals surface area contributed by atoms with Crippen LogP contribution in [0.3, 0.4) is 0 Å².